The highest BCUT2D eigenvalue weighted by Crippen LogP contribution is 2.45. The van der Waals surface area contributed by atoms with Gasteiger partial charge in [-0.05, 0) is 48.4 Å². The van der Waals surface area contributed by atoms with Gasteiger partial charge in [0.25, 0.3) is 5.88 Å². The Morgan fingerprint density at radius 1 is 0.875 bits per heavy atom. The van der Waals surface area contributed by atoms with E-state index in [1.54, 1.807) is 24.7 Å². The summed E-state index contributed by atoms with van der Waals surface area (Å²) >= 11 is 0. The van der Waals surface area contributed by atoms with Crippen molar-refractivity contribution in [3.05, 3.63) is 139 Å². The number of para-hydroxylation sites is 2. The van der Waals surface area contributed by atoms with Crippen molar-refractivity contribution in [2.24, 2.45) is 5.92 Å². The third kappa shape index (κ3) is 7.75. The van der Waals surface area contributed by atoms with Crippen LogP contribution < -0.4 is 20.3 Å². The Morgan fingerprint density at radius 3 is 2.11 bits per heavy atom. The first kappa shape index (κ1) is 37.0. The summed E-state index contributed by atoms with van der Waals surface area (Å²) in [7, 11) is 0. The number of carbonyl (C=O) groups is 2. The standard InChI is InChI=1S/C43H43N7O6/c1-29(2)38(51)47-41-46-37-35(39(48-41)55-42(52)50(32-19-11-5-12-20-32)33-21-13-6-14-22-33)45-28-49(37)40-34-36(54-26-31-17-9-4-10-18-31)43(56-40,23-24-44-34)27-53-25-30-15-7-3-8-16-30/h3-22,28-29,34,36,40,44H,23-27H2,1-2H3,(H,46,47,48,51)/t34-,36+,40-,43-/m1/s1. The highest BCUT2D eigenvalue weighted by molar-refractivity contribution is 5.98. The maximum absolute atomic E-state index is 14.1. The van der Waals surface area contributed by atoms with E-state index in [4.69, 9.17) is 23.9 Å². The number of hydrogen-bond donors (Lipinski definition) is 2. The van der Waals surface area contributed by atoms with E-state index in [0.717, 1.165) is 11.1 Å². The van der Waals surface area contributed by atoms with E-state index >= 15 is 0 Å². The molecule has 4 heterocycles. The van der Waals surface area contributed by atoms with E-state index in [0.29, 0.717) is 43.2 Å². The number of nitrogens with zero attached hydrogens (tertiary/aromatic N) is 5. The fourth-order valence-corrected chi connectivity index (χ4v) is 7.17. The van der Waals surface area contributed by atoms with Crippen molar-refractivity contribution >= 4 is 40.5 Å². The lowest BCUT2D eigenvalue weighted by Gasteiger charge is -2.38. The summed E-state index contributed by atoms with van der Waals surface area (Å²) in [6, 6.07) is 38.0. The lowest BCUT2D eigenvalue weighted by Crippen LogP contribution is -2.58. The molecular formula is C43H43N7O6. The zero-order chi connectivity index (χ0) is 38.5. The molecule has 4 aromatic carbocycles. The molecule has 0 radical (unpaired) electrons. The number of imidazole rings is 1. The van der Waals surface area contributed by atoms with E-state index in [1.807, 2.05) is 121 Å². The summed E-state index contributed by atoms with van der Waals surface area (Å²) < 4.78 is 28.0. The fraction of sp³-hybridized carbons (Fsp3) is 0.279. The van der Waals surface area contributed by atoms with Crippen LogP contribution in [0.5, 0.6) is 5.88 Å². The smallest absolute Gasteiger partial charge is 0.388 e. The fourth-order valence-electron chi connectivity index (χ4n) is 7.17. The minimum atomic E-state index is -0.816. The van der Waals surface area contributed by atoms with Crippen molar-refractivity contribution in [2.45, 2.75) is 57.5 Å². The lowest BCUT2D eigenvalue weighted by molar-refractivity contribution is -0.160. The topological polar surface area (TPSA) is 142 Å². The van der Waals surface area contributed by atoms with E-state index in [1.165, 1.54) is 4.90 Å². The maximum atomic E-state index is 14.1. The van der Waals surface area contributed by atoms with Gasteiger partial charge in [-0.25, -0.2) is 14.7 Å². The number of aromatic nitrogens is 4. The van der Waals surface area contributed by atoms with Crippen LogP contribution >= 0.6 is 0 Å². The number of piperidine rings is 1. The van der Waals surface area contributed by atoms with Crippen LogP contribution in [0.1, 0.15) is 37.6 Å². The number of hydrogen-bond acceptors (Lipinski definition) is 10. The van der Waals surface area contributed by atoms with E-state index < -0.39 is 24.0 Å². The number of carbonyl (C=O) groups excluding carboxylic acids is 2. The predicted octanol–water partition coefficient (Wildman–Crippen LogP) is 7.19. The summed E-state index contributed by atoms with van der Waals surface area (Å²) in [6.45, 7) is 5.27. The van der Waals surface area contributed by atoms with Gasteiger partial charge < -0.3 is 24.3 Å². The average Bonchev–Trinajstić information content (AvgIpc) is 3.71. The van der Waals surface area contributed by atoms with Crippen molar-refractivity contribution in [1.82, 2.24) is 24.8 Å². The highest BCUT2D eigenvalue weighted by atomic mass is 16.6. The molecule has 4 atom stereocenters. The highest BCUT2D eigenvalue weighted by Gasteiger charge is 2.59. The predicted molar refractivity (Wildman–Crippen MR) is 210 cm³/mol. The third-order valence-corrected chi connectivity index (χ3v) is 9.98. The average molecular weight is 754 g/mol. The molecule has 0 unspecified atom stereocenters. The molecule has 2 saturated heterocycles. The van der Waals surface area contributed by atoms with Crippen LogP contribution in [0, 0.1) is 5.92 Å². The molecule has 2 aromatic heterocycles. The minimum Gasteiger partial charge on any atom is -0.388 e. The molecule has 8 rings (SSSR count). The van der Waals surface area contributed by atoms with Gasteiger partial charge in [0.15, 0.2) is 17.4 Å². The molecule has 2 N–H and O–H groups in total. The van der Waals surface area contributed by atoms with Gasteiger partial charge in [-0.1, -0.05) is 111 Å². The zero-order valence-electron chi connectivity index (χ0n) is 31.2. The quantitative estimate of drug-likeness (QED) is 0.125. The zero-order valence-corrected chi connectivity index (χ0v) is 31.2. The lowest BCUT2D eigenvalue weighted by atomic mass is 9.87. The first-order valence-electron chi connectivity index (χ1n) is 18.7. The molecule has 2 aliphatic heterocycles. The van der Waals surface area contributed by atoms with Crippen LogP contribution in [0.4, 0.5) is 22.1 Å². The van der Waals surface area contributed by atoms with Gasteiger partial charge in [0, 0.05) is 5.92 Å². The maximum Gasteiger partial charge on any atom is 0.425 e. The second kappa shape index (κ2) is 16.4. The molecular weight excluding hydrogens is 711 g/mol. The van der Waals surface area contributed by atoms with Crippen molar-refractivity contribution < 1.29 is 28.5 Å². The SMILES string of the molecule is CC(C)C(=O)Nc1nc(OC(=O)N(c2ccccc2)c2ccccc2)c2ncn([C@@H]3O[C@@]4(COCc5ccccc5)CCN[C@@H]3[C@@H]4OCc3ccccc3)c2n1. The molecule has 0 saturated carbocycles. The van der Waals surface area contributed by atoms with Crippen molar-refractivity contribution in [1.29, 1.82) is 0 Å². The number of ether oxygens (including phenoxy) is 4. The first-order valence-corrected chi connectivity index (χ1v) is 18.7. The van der Waals surface area contributed by atoms with Gasteiger partial charge >= 0.3 is 6.09 Å². The molecule has 2 fully saturated rings. The Kier molecular flexibility index (Phi) is 10.8. The molecule has 286 valence electrons. The van der Waals surface area contributed by atoms with Crippen LogP contribution in [-0.4, -0.2) is 62.4 Å². The molecule has 13 heteroatoms. The van der Waals surface area contributed by atoms with Gasteiger partial charge in [0.2, 0.25) is 11.9 Å². The molecule has 2 amide bonds. The summed E-state index contributed by atoms with van der Waals surface area (Å²) in [5.74, 6) is -0.835. The van der Waals surface area contributed by atoms with Crippen LogP contribution in [0.15, 0.2) is 128 Å². The Morgan fingerprint density at radius 2 is 1.48 bits per heavy atom. The third-order valence-electron chi connectivity index (χ3n) is 9.98. The van der Waals surface area contributed by atoms with Crippen LogP contribution in [0.2, 0.25) is 0 Å². The molecule has 13 nitrogen and oxygen atoms in total. The second-order valence-corrected chi connectivity index (χ2v) is 14.2. The molecule has 56 heavy (non-hydrogen) atoms. The second-order valence-electron chi connectivity index (χ2n) is 14.2. The van der Waals surface area contributed by atoms with E-state index in [-0.39, 0.29) is 41.8 Å². The molecule has 6 aromatic rings. The van der Waals surface area contributed by atoms with E-state index in [2.05, 4.69) is 20.6 Å². The number of amides is 2. The molecule has 2 aliphatic rings. The number of rotatable bonds is 13. The van der Waals surface area contributed by atoms with Crippen LogP contribution in [0.3, 0.4) is 0 Å². The van der Waals surface area contributed by atoms with Crippen LogP contribution in [0.25, 0.3) is 11.2 Å². The summed E-state index contributed by atoms with van der Waals surface area (Å²) in [5.41, 5.74) is 2.96. The van der Waals surface area contributed by atoms with Gasteiger partial charge in [0.05, 0.1) is 43.6 Å². The minimum absolute atomic E-state index is 0.0431. The first-order chi connectivity index (χ1) is 27.4. The Hall–Kier alpha value is -5.99. The number of benzene rings is 4. The number of fused-ring (bicyclic) bond motifs is 3. The molecule has 2 bridgehead atoms. The summed E-state index contributed by atoms with van der Waals surface area (Å²) in [5, 5.41) is 6.42. The van der Waals surface area contributed by atoms with Gasteiger partial charge in [0.1, 0.15) is 11.7 Å². The largest absolute Gasteiger partial charge is 0.425 e. The molecule has 0 spiro atoms. The van der Waals surface area contributed by atoms with Crippen LogP contribution in [-0.2, 0) is 32.2 Å². The Balaban J connectivity index is 1.15. The Bertz CT molecular complexity index is 2220. The van der Waals surface area contributed by atoms with Crippen molar-refractivity contribution in [3.8, 4) is 5.88 Å². The number of nitrogens with one attached hydrogen (secondary N) is 2. The van der Waals surface area contributed by atoms with E-state index in [9.17, 15) is 9.59 Å². The van der Waals surface area contributed by atoms with Gasteiger partial charge in [-0.3, -0.25) is 14.7 Å². The molecule has 0 aliphatic carbocycles. The Labute approximate surface area is 324 Å². The number of anilines is 3. The summed E-state index contributed by atoms with van der Waals surface area (Å²) in [6.07, 6.45) is 0.414. The van der Waals surface area contributed by atoms with Gasteiger partial charge in [-0.15, -0.1) is 0 Å². The normalized spacial score (nSPS) is 20.2. The van der Waals surface area contributed by atoms with Crippen molar-refractivity contribution in [3.63, 3.8) is 0 Å². The monoisotopic (exact) mass is 753 g/mol. The van der Waals surface area contributed by atoms with Crippen molar-refractivity contribution in [2.75, 3.05) is 23.4 Å². The van der Waals surface area contributed by atoms with Gasteiger partial charge in [-0.2, -0.15) is 9.97 Å². The summed E-state index contributed by atoms with van der Waals surface area (Å²) in [4.78, 5) is 42.5.